The number of Topliss-reactive ketones (excluding diaryl/α,β-unsaturated/α-hetero) is 1. The van der Waals surface area contributed by atoms with Gasteiger partial charge in [-0.3, -0.25) is 4.79 Å². The molecule has 0 saturated carbocycles. The Kier molecular flexibility index (Phi) is 7.12. The van der Waals surface area contributed by atoms with Crippen molar-refractivity contribution in [3.63, 3.8) is 0 Å². The molecule has 0 atom stereocenters. The molecule has 0 fully saturated rings. The highest BCUT2D eigenvalue weighted by molar-refractivity contribution is 7.90. The number of carbonyl (C=O) groups is 1. The molecular weight excluding hydrogens is 426 g/mol. The Labute approximate surface area is 171 Å². The highest BCUT2D eigenvalue weighted by Gasteiger charge is 2.25. The minimum absolute atomic E-state index is 0. The van der Waals surface area contributed by atoms with E-state index in [1.54, 1.807) is 12.1 Å². The smallest absolute Gasteiger partial charge is 0.227 e. The molecule has 0 amide bonds. The molecule has 1 aliphatic heterocycles. The number of halogens is 1. The first-order chi connectivity index (χ1) is 12.3. The van der Waals surface area contributed by atoms with E-state index >= 15 is 0 Å². The summed E-state index contributed by atoms with van der Waals surface area (Å²) in [6, 6.07) is 14.7. The van der Waals surface area contributed by atoms with Crippen LogP contribution in [-0.4, -0.2) is 43.8 Å². The van der Waals surface area contributed by atoms with Crippen molar-refractivity contribution in [2.45, 2.75) is 31.1 Å². The second-order valence-corrected chi connectivity index (χ2v) is 8.99. The lowest BCUT2D eigenvalue weighted by Crippen LogP contribution is -3.00. The molecule has 0 saturated heterocycles. The number of aryl methyl sites for hydroxylation is 1. The predicted octanol–water partition coefficient (Wildman–Crippen LogP) is 0.0752. The monoisotopic (exact) mass is 449 g/mol. The number of carbonyl (C=O) groups excluding carboxylic acids is 1. The van der Waals surface area contributed by atoms with Crippen LogP contribution in [0.3, 0.4) is 0 Å². The second kappa shape index (κ2) is 8.93. The molecule has 0 radical (unpaired) electrons. The summed E-state index contributed by atoms with van der Waals surface area (Å²) in [6.45, 7) is 3.32. The Hall–Kier alpha value is -1.79. The molecule has 3 rings (SSSR count). The minimum atomic E-state index is -3.24. The van der Waals surface area contributed by atoms with Crippen molar-refractivity contribution >= 4 is 21.3 Å². The number of sulfone groups is 1. The van der Waals surface area contributed by atoms with E-state index in [0.29, 0.717) is 12.1 Å². The van der Waals surface area contributed by atoms with E-state index in [2.05, 4.69) is 35.8 Å². The molecule has 0 aromatic heterocycles. The van der Waals surface area contributed by atoms with Crippen LogP contribution in [0.5, 0.6) is 0 Å². The summed E-state index contributed by atoms with van der Waals surface area (Å²) >= 11 is 0. The summed E-state index contributed by atoms with van der Waals surface area (Å²) in [4.78, 5) is 12.8. The standard InChI is InChI=1S/C21H24NO3S.BrH/c1-16-5-7-17(8-6-16)14-19-4-3-13-22(19)15-21(23)18-9-11-20(12-10-18)26(2,24)25;/h5-12H,3-4,13-15H2,1-2H3;1H/q+1;/p-1. The van der Waals surface area contributed by atoms with Crippen LogP contribution in [-0.2, 0) is 16.3 Å². The Bertz CT molecular complexity index is 946. The molecule has 6 heteroatoms. The molecule has 0 spiro atoms. The third kappa shape index (κ3) is 5.59. The van der Waals surface area contributed by atoms with Gasteiger partial charge in [-0.2, -0.15) is 0 Å². The van der Waals surface area contributed by atoms with Crippen molar-refractivity contribution in [2.75, 3.05) is 19.3 Å². The number of ketones is 1. The first kappa shape index (κ1) is 21.5. The highest BCUT2D eigenvalue weighted by atomic mass is 79.9. The summed E-state index contributed by atoms with van der Waals surface area (Å²) in [5.74, 6) is 0.0216. The van der Waals surface area contributed by atoms with Crippen molar-refractivity contribution in [1.82, 2.24) is 0 Å². The van der Waals surface area contributed by atoms with Gasteiger partial charge in [0.15, 0.2) is 15.5 Å². The van der Waals surface area contributed by atoms with E-state index in [1.165, 1.54) is 35.2 Å². The van der Waals surface area contributed by atoms with Crippen LogP contribution in [0, 0.1) is 6.92 Å². The molecule has 0 N–H and O–H groups in total. The Morgan fingerprint density at radius 3 is 2.26 bits per heavy atom. The number of hydrogen-bond donors (Lipinski definition) is 0. The maximum atomic E-state index is 12.6. The molecular formula is C21H24BrNO3S. The summed E-state index contributed by atoms with van der Waals surface area (Å²) in [6.07, 6.45) is 4.14. The van der Waals surface area contributed by atoms with Crippen LogP contribution in [0.15, 0.2) is 53.4 Å². The van der Waals surface area contributed by atoms with Crippen molar-refractivity contribution in [3.05, 3.63) is 65.2 Å². The van der Waals surface area contributed by atoms with Crippen LogP contribution < -0.4 is 17.0 Å². The molecule has 0 bridgehead atoms. The third-order valence-corrected chi connectivity index (χ3v) is 5.94. The van der Waals surface area contributed by atoms with Gasteiger partial charge in [-0.15, -0.1) is 0 Å². The predicted molar refractivity (Wildman–Crippen MR) is 103 cm³/mol. The Morgan fingerprint density at radius 2 is 1.67 bits per heavy atom. The topological polar surface area (TPSA) is 54.2 Å². The molecule has 1 heterocycles. The molecule has 1 aliphatic rings. The maximum absolute atomic E-state index is 12.6. The fourth-order valence-corrected chi connectivity index (χ4v) is 3.91. The largest absolute Gasteiger partial charge is 1.00 e. The quantitative estimate of drug-likeness (QED) is 0.463. The van der Waals surface area contributed by atoms with E-state index in [-0.39, 0.29) is 27.7 Å². The zero-order chi connectivity index (χ0) is 18.7. The van der Waals surface area contributed by atoms with Gasteiger partial charge >= 0.3 is 0 Å². The molecule has 27 heavy (non-hydrogen) atoms. The van der Waals surface area contributed by atoms with Gasteiger partial charge in [-0.1, -0.05) is 29.8 Å². The first-order valence-electron chi connectivity index (χ1n) is 8.81. The van der Waals surface area contributed by atoms with Crippen molar-refractivity contribution in [3.8, 4) is 0 Å². The molecule has 2 aromatic carbocycles. The molecule has 2 aromatic rings. The summed E-state index contributed by atoms with van der Waals surface area (Å²) < 4.78 is 25.2. The van der Waals surface area contributed by atoms with Crippen LogP contribution in [0.4, 0.5) is 0 Å². The second-order valence-electron chi connectivity index (χ2n) is 6.97. The lowest BCUT2D eigenvalue weighted by atomic mass is 10.0. The number of hydrogen-bond acceptors (Lipinski definition) is 3. The van der Waals surface area contributed by atoms with Crippen LogP contribution in [0.25, 0.3) is 0 Å². The van der Waals surface area contributed by atoms with Gasteiger partial charge in [-0.05, 0) is 36.8 Å². The summed E-state index contributed by atoms with van der Waals surface area (Å²) in [7, 11) is -3.24. The highest BCUT2D eigenvalue weighted by Crippen LogP contribution is 2.14. The number of benzene rings is 2. The van der Waals surface area contributed by atoms with Gasteiger partial charge in [0.1, 0.15) is 6.54 Å². The van der Waals surface area contributed by atoms with Gasteiger partial charge in [0, 0.05) is 24.7 Å². The minimum Gasteiger partial charge on any atom is -1.00 e. The molecule has 4 nitrogen and oxygen atoms in total. The van der Waals surface area contributed by atoms with Gasteiger partial charge in [-0.25, -0.2) is 13.0 Å². The fraction of sp³-hybridized carbons (Fsp3) is 0.333. The fourth-order valence-electron chi connectivity index (χ4n) is 3.28. The van der Waals surface area contributed by atoms with Crippen LogP contribution >= 0.6 is 0 Å². The Morgan fingerprint density at radius 1 is 1.04 bits per heavy atom. The summed E-state index contributed by atoms with van der Waals surface area (Å²) in [5.41, 5.74) is 4.37. The average Bonchev–Trinajstić information content (AvgIpc) is 3.03. The average molecular weight is 450 g/mol. The van der Waals surface area contributed by atoms with Gasteiger partial charge in [0.2, 0.25) is 12.3 Å². The first-order valence-corrected chi connectivity index (χ1v) is 10.7. The maximum Gasteiger partial charge on any atom is 0.227 e. The van der Waals surface area contributed by atoms with Crippen molar-refractivity contribution < 1.29 is 34.8 Å². The van der Waals surface area contributed by atoms with E-state index in [9.17, 15) is 13.2 Å². The van der Waals surface area contributed by atoms with E-state index in [1.807, 2.05) is 0 Å². The van der Waals surface area contributed by atoms with Crippen molar-refractivity contribution in [2.24, 2.45) is 0 Å². The lowest BCUT2D eigenvalue weighted by Gasteiger charge is -2.05. The van der Waals surface area contributed by atoms with E-state index in [4.69, 9.17) is 0 Å². The van der Waals surface area contributed by atoms with Crippen LogP contribution in [0.2, 0.25) is 0 Å². The van der Waals surface area contributed by atoms with E-state index in [0.717, 1.165) is 25.8 Å². The van der Waals surface area contributed by atoms with Gasteiger partial charge in [0.25, 0.3) is 0 Å². The zero-order valence-electron chi connectivity index (χ0n) is 15.6. The van der Waals surface area contributed by atoms with E-state index < -0.39 is 9.84 Å². The lowest BCUT2D eigenvalue weighted by molar-refractivity contribution is -0.507. The van der Waals surface area contributed by atoms with Gasteiger partial charge < -0.3 is 17.0 Å². The van der Waals surface area contributed by atoms with Gasteiger partial charge in [0.05, 0.1) is 11.3 Å². The van der Waals surface area contributed by atoms with Crippen molar-refractivity contribution in [1.29, 1.82) is 0 Å². The zero-order valence-corrected chi connectivity index (χ0v) is 18.0. The molecule has 0 unspecified atom stereocenters. The summed E-state index contributed by atoms with van der Waals surface area (Å²) in [5, 5.41) is 0. The Balaban J connectivity index is 0.00000261. The molecule has 144 valence electrons. The third-order valence-electron chi connectivity index (χ3n) is 4.81. The SMILES string of the molecule is Cc1ccc(CC2=[N+](CC(=O)c3ccc(S(C)(=O)=O)cc3)CCC2)cc1.[Br-]. The number of rotatable bonds is 6. The number of nitrogens with zero attached hydrogens (tertiary/aromatic N) is 1. The van der Waals surface area contributed by atoms with Crippen LogP contribution in [0.1, 0.15) is 34.3 Å². The molecule has 0 aliphatic carbocycles. The normalized spacial score (nSPS) is 14.1.